The average Bonchev–Trinajstić information content (AvgIpc) is 3.32. The van der Waals surface area contributed by atoms with Crippen molar-refractivity contribution in [3.8, 4) is 39.8 Å². The molecule has 2 aliphatic carbocycles. The quantitative estimate of drug-likeness (QED) is 0.0597. The van der Waals surface area contributed by atoms with Gasteiger partial charge in [-0.2, -0.15) is 21.6 Å². The van der Waals surface area contributed by atoms with E-state index in [1.165, 1.54) is 93.4 Å². The fourth-order valence-electron chi connectivity index (χ4n) is 9.07. The van der Waals surface area contributed by atoms with E-state index in [0.29, 0.717) is 16.7 Å². The van der Waals surface area contributed by atoms with Crippen LogP contribution in [0.15, 0.2) is 115 Å². The lowest BCUT2D eigenvalue weighted by atomic mass is 9.80. The van der Waals surface area contributed by atoms with Crippen LogP contribution in [0.3, 0.4) is 0 Å². The number of methoxy groups -OCH3 is 2. The van der Waals surface area contributed by atoms with Crippen LogP contribution in [-0.4, -0.2) is 66.6 Å². The fraction of sp³-hybridized carbons (Fsp3) is 0.382. The van der Waals surface area contributed by atoms with Crippen molar-refractivity contribution >= 4 is 35.9 Å². The molecule has 0 unspecified atom stereocenters. The molecule has 2 aromatic heterocycles. The predicted molar refractivity (Wildman–Crippen MR) is 279 cm³/mol. The summed E-state index contributed by atoms with van der Waals surface area (Å²) in [5, 5.41) is 19.0. The van der Waals surface area contributed by atoms with Gasteiger partial charge in [0.15, 0.2) is 0 Å². The maximum Gasteiger partial charge on any atom is 0.534 e. The number of nitrogens with zero attached hydrogens (tertiary/aromatic N) is 2. The summed E-state index contributed by atoms with van der Waals surface area (Å²) in [6.45, 7) is 11.3. The molecule has 70 heavy (non-hydrogen) atoms. The molecule has 0 spiro atoms. The molecule has 4 aromatic carbocycles. The molecule has 0 aliphatic heterocycles. The molecular weight excluding hydrogens is 931 g/mol. The number of hydrogen-bond acceptors (Lipinski definition) is 9. The highest BCUT2D eigenvalue weighted by Crippen LogP contribution is 2.57. The second-order valence-corrected chi connectivity index (χ2v) is 22.3. The highest BCUT2D eigenvalue weighted by atomic mass is 32.2. The Hall–Kier alpha value is -5.27. The van der Waals surface area contributed by atoms with Gasteiger partial charge in [0.25, 0.3) is 0 Å². The molecule has 8 rings (SSSR count). The van der Waals surface area contributed by atoms with Crippen LogP contribution in [0.4, 0.5) is 13.2 Å². The topological polar surface area (TPSA) is 128 Å². The van der Waals surface area contributed by atoms with Crippen molar-refractivity contribution in [3.63, 3.8) is 0 Å². The van der Waals surface area contributed by atoms with Crippen molar-refractivity contribution in [2.24, 2.45) is 0 Å². The van der Waals surface area contributed by atoms with E-state index in [-0.39, 0.29) is 7.92 Å². The normalized spacial score (nSPS) is 14.2. The van der Waals surface area contributed by atoms with Gasteiger partial charge in [-0.3, -0.25) is 4.98 Å². The van der Waals surface area contributed by atoms with Crippen molar-refractivity contribution < 1.29 is 45.3 Å². The Morgan fingerprint density at radius 1 is 0.600 bits per heavy atom. The minimum absolute atomic E-state index is 0.182. The van der Waals surface area contributed by atoms with Crippen molar-refractivity contribution in [1.29, 1.82) is 0 Å². The lowest BCUT2D eigenvalue weighted by Crippen LogP contribution is -2.29. The average molecular weight is 999 g/mol. The Labute approximate surface area is 414 Å². The highest BCUT2D eigenvalue weighted by molar-refractivity contribution is 7.88. The summed E-state index contributed by atoms with van der Waals surface area (Å²) in [5.74, 6) is 1.24. The maximum atomic E-state index is 12.0. The molecule has 2 heterocycles. The number of ether oxygens (including phenoxy) is 2. The smallest absolute Gasteiger partial charge is 0.496 e. The van der Waals surface area contributed by atoms with Gasteiger partial charge >= 0.3 is 22.7 Å². The lowest BCUT2D eigenvalue weighted by molar-refractivity contribution is -0.0501. The third-order valence-electron chi connectivity index (χ3n) is 12.1. The highest BCUT2D eigenvalue weighted by Gasteiger charge is 2.49. The molecule has 0 radical (unpaired) electrons. The Kier molecular flexibility index (Phi) is 20.9. The van der Waals surface area contributed by atoms with E-state index >= 15 is 0 Å². The number of hydrogen-bond donors (Lipinski definition) is 2. The van der Waals surface area contributed by atoms with Crippen LogP contribution in [0.5, 0.6) is 17.4 Å². The van der Waals surface area contributed by atoms with Gasteiger partial charge in [-0.05, 0) is 142 Å². The lowest BCUT2D eigenvalue weighted by Gasteiger charge is -2.39. The van der Waals surface area contributed by atoms with E-state index in [9.17, 15) is 21.6 Å². The van der Waals surface area contributed by atoms with Crippen molar-refractivity contribution in [2.45, 2.75) is 123 Å². The molecule has 2 aliphatic rings. The molecule has 2 fully saturated rings. The number of halogens is 3. The molecular formula is C55H67BF3N2O7PS. The zero-order valence-electron chi connectivity index (χ0n) is 41.6. The van der Waals surface area contributed by atoms with Crippen molar-refractivity contribution in [3.05, 3.63) is 149 Å². The SMILES string of the molecule is COc1cccc(OC)c1-c1ccccc1P(C1CCCCC1)C1CCCCC1.Cc1cc(C)nc(OS(=O)(=O)C(F)(F)F)c1.Cc1cccc(-c2cc(C)cc(C)n2)c1.Cc1cccc(B(O)O)c1. The molecule has 0 atom stereocenters. The number of rotatable bonds is 10. The summed E-state index contributed by atoms with van der Waals surface area (Å²) in [7, 11) is -3.64. The summed E-state index contributed by atoms with van der Waals surface area (Å²) < 4.78 is 72.7. The minimum atomic E-state index is -5.65. The van der Waals surface area contributed by atoms with Gasteiger partial charge in [-0.1, -0.05) is 130 Å². The molecule has 0 amide bonds. The van der Waals surface area contributed by atoms with E-state index < -0.39 is 28.6 Å². The maximum absolute atomic E-state index is 12.0. The van der Waals surface area contributed by atoms with Crippen LogP contribution < -0.4 is 24.4 Å². The Balaban J connectivity index is 0.000000189. The molecule has 0 bridgehead atoms. The van der Waals surface area contributed by atoms with Crippen LogP contribution in [-0.2, 0) is 10.1 Å². The van der Waals surface area contributed by atoms with Crippen molar-refractivity contribution in [2.75, 3.05) is 14.2 Å². The van der Waals surface area contributed by atoms with E-state index in [4.69, 9.17) is 19.5 Å². The van der Waals surface area contributed by atoms with Crippen LogP contribution >= 0.6 is 7.92 Å². The van der Waals surface area contributed by atoms with E-state index in [1.807, 2.05) is 26.0 Å². The standard InChI is InChI=1S/C26H35O2P.C14H15N.C8H8F3NO3S.C7H9BO2/c1-27-23-17-11-18-24(28-2)26(23)22-16-9-10-19-25(22)29(20-12-5-3-6-13-20)21-14-7-4-8-15-21;1-10-5-4-6-13(8-10)14-9-11(2)7-12(3)15-14;1-5-3-6(2)12-7(4-5)15-16(13,14)8(9,10)11;1-6-3-2-4-7(5-6)8(9)10/h9-11,16-21H,3-8,12-15H2,1-2H3;4-9H,1-3H3;3-4H,1-2H3;2-5,9-10H,1H3. The Bertz CT molecular complexity index is 2650. The summed E-state index contributed by atoms with van der Waals surface area (Å²) >= 11 is 0. The second-order valence-electron chi connectivity index (χ2n) is 18.0. The summed E-state index contributed by atoms with van der Waals surface area (Å²) in [4.78, 5) is 8.08. The summed E-state index contributed by atoms with van der Waals surface area (Å²) in [5.41, 5.74) is 7.14. The van der Waals surface area contributed by atoms with E-state index in [0.717, 1.165) is 51.4 Å². The third kappa shape index (κ3) is 16.1. The van der Waals surface area contributed by atoms with Crippen LogP contribution in [0.2, 0.25) is 0 Å². The first kappa shape index (κ1) is 55.7. The first-order chi connectivity index (χ1) is 33.3. The van der Waals surface area contributed by atoms with Gasteiger partial charge < -0.3 is 23.7 Å². The monoisotopic (exact) mass is 998 g/mol. The molecule has 15 heteroatoms. The third-order valence-corrected chi connectivity index (χ3v) is 16.6. The Morgan fingerprint density at radius 2 is 1.11 bits per heavy atom. The van der Waals surface area contributed by atoms with Gasteiger partial charge in [-0.15, -0.1) is 0 Å². The summed E-state index contributed by atoms with van der Waals surface area (Å²) in [6, 6.07) is 37.8. The zero-order chi connectivity index (χ0) is 51.0. The number of aromatic nitrogens is 2. The van der Waals surface area contributed by atoms with Crippen LogP contribution in [0.25, 0.3) is 22.4 Å². The zero-order valence-corrected chi connectivity index (χ0v) is 43.3. The predicted octanol–water partition coefficient (Wildman–Crippen LogP) is 12.4. The van der Waals surface area contributed by atoms with Gasteiger partial charge in [0.1, 0.15) is 11.5 Å². The van der Waals surface area contributed by atoms with Gasteiger partial charge in [0.05, 0.1) is 25.5 Å². The molecule has 6 aromatic rings. The van der Waals surface area contributed by atoms with Crippen molar-refractivity contribution in [1.82, 2.24) is 9.97 Å². The molecule has 2 N–H and O–H groups in total. The first-order valence-corrected chi connectivity index (χ1v) is 26.7. The number of benzene rings is 4. The van der Waals surface area contributed by atoms with E-state index in [1.54, 1.807) is 50.7 Å². The van der Waals surface area contributed by atoms with Gasteiger partial charge in [0.2, 0.25) is 5.88 Å². The molecule has 374 valence electrons. The van der Waals surface area contributed by atoms with Gasteiger partial charge in [-0.25, -0.2) is 4.98 Å². The molecule has 2 saturated carbocycles. The summed E-state index contributed by atoms with van der Waals surface area (Å²) in [6.07, 6.45) is 14.2. The first-order valence-electron chi connectivity index (χ1n) is 23.8. The number of pyridine rings is 2. The fourth-order valence-corrected chi connectivity index (χ4v) is 13.4. The number of aryl methyl sites for hydroxylation is 6. The minimum Gasteiger partial charge on any atom is -0.496 e. The largest absolute Gasteiger partial charge is 0.534 e. The van der Waals surface area contributed by atoms with Gasteiger partial charge in [0, 0.05) is 23.0 Å². The number of alkyl halides is 3. The van der Waals surface area contributed by atoms with Crippen LogP contribution in [0, 0.1) is 41.5 Å². The molecule has 0 saturated heterocycles. The van der Waals surface area contributed by atoms with E-state index in [2.05, 4.69) is 101 Å². The second kappa shape index (κ2) is 26.3. The molecule has 9 nitrogen and oxygen atoms in total. The Morgan fingerprint density at radius 3 is 1.60 bits per heavy atom. The van der Waals surface area contributed by atoms with Crippen LogP contribution in [0.1, 0.15) is 97.8 Å².